The molecule has 174 valence electrons. The molecule has 0 fully saturated rings. The highest BCUT2D eigenvalue weighted by molar-refractivity contribution is 7.92. The van der Waals surface area contributed by atoms with E-state index < -0.39 is 10.0 Å². The maximum atomic E-state index is 12.8. The number of amides is 1. The molecule has 34 heavy (non-hydrogen) atoms. The van der Waals surface area contributed by atoms with Gasteiger partial charge in [0.25, 0.3) is 5.91 Å². The number of sulfonamides is 1. The molecule has 0 bridgehead atoms. The molecule has 0 atom stereocenters. The van der Waals surface area contributed by atoms with Gasteiger partial charge in [0.2, 0.25) is 10.0 Å². The number of nitrogens with one attached hydrogen (secondary N) is 2. The first-order chi connectivity index (χ1) is 16.3. The summed E-state index contributed by atoms with van der Waals surface area (Å²) < 4.78 is 31.3. The SMILES string of the molecule is CS(=O)(=O)Nc1cc(Cl)cc(NC(=O)c2cc(-c3ncccc3OCc3ccccc3)cs2)c1. The molecule has 4 rings (SSSR count). The summed E-state index contributed by atoms with van der Waals surface area (Å²) in [5.41, 5.74) is 3.04. The third kappa shape index (κ3) is 6.34. The second-order valence-electron chi connectivity index (χ2n) is 7.38. The van der Waals surface area contributed by atoms with Crippen molar-refractivity contribution in [3.8, 4) is 17.0 Å². The summed E-state index contributed by atoms with van der Waals surface area (Å²) in [7, 11) is -3.48. The number of pyridine rings is 1. The molecule has 7 nitrogen and oxygen atoms in total. The van der Waals surface area contributed by atoms with Gasteiger partial charge in [-0.15, -0.1) is 11.3 Å². The first-order valence-electron chi connectivity index (χ1n) is 10.1. The minimum atomic E-state index is -3.48. The second kappa shape index (κ2) is 10.3. The number of rotatable bonds is 8. The summed E-state index contributed by atoms with van der Waals surface area (Å²) >= 11 is 7.34. The number of thiophene rings is 1. The third-order valence-corrected chi connectivity index (χ3v) is 6.32. The van der Waals surface area contributed by atoms with Gasteiger partial charge in [-0.1, -0.05) is 41.9 Å². The molecule has 1 amide bonds. The molecule has 0 saturated heterocycles. The number of benzene rings is 2. The fraction of sp³-hybridized carbons (Fsp3) is 0.0833. The number of halogens is 1. The van der Waals surface area contributed by atoms with Gasteiger partial charge in [0.05, 0.1) is 16.8 Å². The van der Waals surface area contributed by atoms with Gasteiger partial charge in [0, 0.05) is 27.9 Å². The summed E-state index contributed by atoms with van der Waals surface area (Å²) in [4.78, 5) is 17.7. The van der Waals surface area contributed by atoms with Crippen LogP contribution in [-0.2, 0) is 16.6 Å². The summed E-state index contributed by atoms with van der Waals surface area (Å²) in [6, 6.07) is 19.7. The fourth-order valence-electron chi connectivity index (χ4n) is 3.17. The van der Waals surface area contributed by atoms with Gasteiger partial charge < -0.3 is 10.1 Å². The number of hydrogen-bond donors (Lipinski definition) is 2. The zero-order chi connectivity index (χ0) is 24.1. The minimum Gasteiger partial charge on any atom is -0.487 e. The first-order valence-corrected chi connectivity index (χ1v) is 13.2. The number of anilines is 2. The van der Waals surface area contributed by atoms with Crippen molar-refractivity contribution in [2.75, 3.05) is 16.3 Å². The molecule has 0 saturated carbocycles. The quantitative estimate of drug-likeness (QED) is 0.316. The zero-order valence-electron chi connectivity index (χ0n) is 18.0. The first kappa shape index (κ1) is 23.7. The van der Waals surface area contributed by atoms with Gasteiger partial charge in [-0.3, -0.25) is 14.5 Å². The molecule has 0 radical (unpaired) electrons. The van der Waals surface area contributed by atoms with E-state index in [4.69, 9.17) is 16.3 Å². The van der Waals surface area contributed by atoms with Crippen molar-refractivity contribution < 1.29 is 17.9 Å². The van der Waals surface area contributed by atoms with Crippen LogP contribution < -0.4 is 14.8 Å². The van der Waals surface area contributed by atoms with Crippen LogP contribution in [-0.4, -0.2) is 25.6 Å². The third-order valence-electron chi connectivity index (χ3n) is 4.56. The van der Waals surface area contributed by atoms with Crippen LogP contribution in [0.5, 0.6) is 5.75 Å². The Balaban J connectivity index is 1.50. The van der Waals surface area contributed by atoms with E-state index in [9.17, 15) is 13.2 Å². The van der Waals surface area contributed by atoms with Crippen molar-refractivity contribution >= 4 is 50.2 Å². The van der Waals surface area contributed by atoms with E-state index in [0.717, 1.165) is 17.4 Å². The summed E-state index contributed by atoms with van der Waals surface area (Å²) in [5.74, 6) is 0.258. The van der Waals surface area contributed by atoms with Crippen molar-refractivity contribution in [2.45, 2.75) is 6.61 Å². The van der Waals surface area contributed by atoms with Crippen LogP contribution in [0.3, 0.4) is 0 Å². The predicted molar refractivity (Wildman–Crippen MR) is 136 cm³/mol. The number of aromatic nitrogens is 1. The van der Waals surface area contributed by atoms with Crippen molar-refractivity contribution in [1.82, 2.24) is 4.98 Å². The van der Waals surface area contributed by atoms with Crippen LogP contribution in [0.15, 0.2) is 78.3 Å². The topological polar surface area (TPSA) is 97.4 Å². The van der Waals surface area contributed by atoms with Crippen LogP contribution >= 0.6 is 22.9 Å². The molecular weight excluding hydrogens is 494 g/mol. The average molecular weight is 514 g/mol. The molecule has 0 aliphatic heterocycles. The lowest BCUT2D eigenvalue weighted by atomic mass is 10.2. The number of carbonyl (C=O) groups is 1. The zero-order valence-corrected chi connectivity index (χ0v) is 20.4. The maximum Gasteiger partial charge on any atom is 0.265 e. The highest BCUT2D eigenvalue weighted by Gasteiger charge is 2.15. The Morgan fingerprint density at radius 1 is 1.06 bits per heavy atom. The van der Waals surface area contributed by atoms with E-state index in [1.807, 2.05) is 41.8 Å². The van der Waals surface area contributed by atoms with E-state index in [0.29, 0.717) is 28.6 Å². The van der Waals surface area contributed by atoms with Crippen molar-refractivity contribution in [1.29, 1.82) is 0 Å². The Morgan fingerprint density at radius 2 is 1.82 bits per heavy atom. The van der Waals surface area contributed by atoms with E-state index >= 15 is 0 Å². The van der Waals surface area contributed by atoms with Crippen LogP contribution in [0.2, 0.25) is 5.02 Å². The lowest BCUT2D eigenvalue weighted by Gasteiger charge is -2.10. The highest BCUT2D eigenvalue weighted by Crippen LogP contribution is 2.32. The Kier molecular flexibility index (Phi) is 7.16. The smallest absolute Gasteiger partial charge is 0.265 e. The van der Waals surface area contributed by atoms with Gasteiger partial charge in [-0.2, -0.15) is 0 Å². The molecule has 10 heteroatoms. The molecule has 0 spiro atoms. The van der Waals surface area contributed by atoms with Gasteiger partial charge >= 0.3 is 0 Å². The number of ether oxygens (including phenoxy) is 1. The Bertz CT molecular complexity index is 1420. The van der Waals surface area contributed by atoms with Crippen LogP contribution in [0.1, 0.15) is 15.2 Å². The predicted octanol–water partition coefficient (Wildman–Crippen LogP) is 5.67. The van der Waals surface area contributed by atoms with Crippen molar-refractivity contribution in [3.63, 3.8) is 0 Å². The molecule has 2 aromatic heterocycles. The van der Waals surface area contributed by atoms with Gasteiger partial charge in [-0.25, -0.2) is 8.42 Å². The molecule has 0 aliphatic rings. The van der Waals surface area contributed by atoms with E-state index in [1.165, 1.54) is 29.5 Å². The van der Waals surface area contributed by atoms with Crippen LogP contribution in [0, 0.1) is 0 Å². The molecule has 2 N–H and O–H groups in total. The van der Waals surface area contributed by atoms with Crippen molar-refractivity contribution in [2.24, 2.45) is 0 Å². The van der Waals surface area contributed by atoms with E-state index in [1.54, 1.807) is 18.3 Å². The summed E-state index contributed by atoms with van der Waals surface area (Å²) in [6.45, 7) is 0.398. The average Bonchev–Trinajstić information content (AvgIpc) is 3.27. The van der Waals surface area contributed by atoms with E-state index in [2.05, 4.69) is 15.0 Å². The largest absolute Gasteiger partial charge is 0.487 e. The summed E-state index contributed by atoms with van der Waals surface area (Å²) in [6.07, 6.45) is 2.71. The number of carbonyl (C=O) groups excluding carboxylic acids is 1. The molecule has 0 unspecified atom stereocenters. The second-order valence-corrected chi connectivity index (χ2v) is 10.5. The molecule has 2 heterocycles. The molecule has 2 aromatic carbocycles. The van der Waals surface area contributed by atoms with Gasteiger partial charge in [0.1, 0.15) is 18.1 Å². The van der Waals surface area contributed by atoms with Gasteiger partial charge in [-0.05, 0) is 42.0 Å². The Labute approximate surface area is 206 Å². The minimum absolute atomic E-state index is 0.255. The lowest BCUT2D eigenvalue weighted by molar-refractivity contribution is 0.103. The van der Waals surface area contributed by atoms with Crippen LogP contribution in [0.4, 0.5) is 11.4 Å². The molecule has 4 aromatic rings. The van der Waals surface area contributed by atoms with Crippen LogP contribution in [0.25, 0.3) is 11.3 Å². The Morgan fingerprint density at radius 3 is 2.59 bits per heavy atom. The monoisotopic (exact) mass is 513 g/mol. The lowest BCUT2D eigenvalue weighted by Crippen LogP contribution is -2.12. The Hall–Kier alpha value is -3.40. The van der Waals surface area contributed by atoms with E-state index in [-0.39, 0.29) is 16.6 Å². The standard InChI is InChI=1S/C24H20ClN3O4S2/c1-34(30,31)28-20-12-18(25)11-19(13-20)27-24(29)22-10-17(15-33-22)23-21(8-5-9-26-23)32-14-16-6-3-2-4-7-16/h2-13,15,28H,14H2,1H3,(H,27,29). The van der Waals surface area contributed by atoms with Crippen molar-refractivity contribution in [3.05, 3.63) is 93.8 Å². The highest BCUT2D eigenvalue weighted by atomic mass is 35.5. The van der Waals surface area contributed by atoms with Gasteiger partial charge in [0.15, 0.2) is 0 Å². The summed E-state index contributed by atoms with van der Waals surface area (Å²) in [5, 5.41) is 4.87. The normalized spacial score (nSPS) is 11.1. The molecule has 0 aliphatic carbocycles. The fourth-order valence-corrected chi connectivity index (χ4v) is 4.73. The maximum absolute atomic E-state index is 12.8. The number of hydrogen-bond acceptors (Lipinski definition) is 6. The molecular formula is C24H20ClN3O4S2. The number of nitrogens with zero attached hydrogens (tertiary/aromatic N) is 1.